The van der Waals surface area contributed by atoms with Crippen molar-refractivity contribution in [2.75, 3.05) is 0 Å². The fourth-order valence-electron chi connectivity index (χ4n) is 3.31. The van der Waals surface area contributed by atoms with Crippen LogP contribution in [0.3, 0.4) is 0 Å². The molecule has 1 heterocycles. The van der Waals surface area contributed by atoms with Crippen molar-refractivity contribution in [3.63, 3.8) is 0 Å². The van der Waals surface area contributed by atoms with E-state index < -0.39 is 0 Å². The molecule has 20 heavy (non-hydrogen) atoms. The number of hydrogen-bond acceptors (Lipinski definition) is 3. The minimum atomic E-state index is -0.270. The van der Waals surface area contributed by atoms with Crippen LogP contribution in [-0.4, -0.2) is 4.57 Å². The highest BCUT2D eigenvalue weighted by Gasteiger charge is 2.24. The lowest BCUT2D eigenvalue weighted by molar-refractivity contribution is 0.444. The second-order valence-corrected chi connectivity index (χ2v) is 5.82. The summed E-state index contributed by atoms with van der Waals surface area (Å²) < 4.78 is 7.05. The lowest BCUT2D eigenvalue weighted by atomic mass is 9.92. The summed E-state index contributed by atoms with van der Waals surface area (Å²) in [5, 5.41) is 0. The Kier molecular flexibility index (Phi) is 3.66. The minimum absolute atomic E-state index is 0.0572. The summed E-state index contributed by atoms with van der Waals surface area (Å²) in [6, 6.07) is 6.03. The van der Waals surface area contributed by atoms with Gasteiger partial charge in [0.05, 0.1) is 5.52 Å². The fraction of sp³-hybridized carbons (Fsp3) is 0.562. The first-order chi connectivity index (χ1) is 9.70. The van der Waals surface area contributed by atoms with Gasteiger partial charge in [-0.05, 0) is 42.9 Å². The molecule has 1 atom stereocenters. The molecule has 4 heteroatoms. The molecule has 0 radical (unpaired) electrons. The van der Waals surface area contributed by atoms with Gasteiger partial charge in [-0.1, -0.05) is 25.8 Å². The fourth-order valence-corrected chi connectivity index (χ4v) is 3.31. The maximum absolute atomic E-state index is 11.8. The Labute approximate surface area is 118 Å². The molecule has 4 nitrogen and oxygen atoms in total. The first-order valence-electron chi connectivity index (χ1n) is 7.59. The number of fused-ring (bicyclic) bond motifs is 1. The summed E-state index contributed by atoms with van der Waals surface area (Å²) in [4.78, 5) is 11.8. The summed E-state index contributed by atoms with van der Waals surface area (Å²) in [6.45, 7) is 2.75. The summed E-state index contributed by atoms with van der Waals surface area (Å²) >= 11 is 0. The summed E-state index contributed by atoms with van der Waals surface area (Å²) in [5.74, 6) is 0.297. The van der Waals surface area contributed by atoms with Crippen LogP contribution in [0, 0.1) is 5.92 Å². The van der Waals surface area contributed by atoms with Gasteiger partial charge in [0.1, 0.15) is 0 Å². The number of hydrogen-bond donors (Lipinski definition) is 1. The normalized spacial score (nSPS) is 17.9. The molecular formula is C16H22N2O2. The average molecular weight is 274 g/mol. The van der Waals surface area contributed by atoms with Crippen molar-refractivity contribution >= 4 is 11.1 Å². The zero-order chi connectivity index (χ0) is 14.1. The Morgan fingerprint density at radius 2 is 2.15 bits per heavy atom. The van der Waals surface area contributed by atoms with Gasteiger partial charge in [0, 0.05) is 12.6 Å². The van der Waals surface area contributed by atoms with E-state index in [0.29, 0.717) is 18.0 Å². The summed E-state index contributed by atoms with van der Waals surface area (Å²) in [7, 11) is 0. The molecule has 1 aliphatic carbocycles. The topological polar surface area (TPSA) is 61.2 Å². The van der Waals surface area contributed by atoms with E-state index in [1.165, 1.54) is 25.7 Å². The average Bonchev–Trinajstić information content (AvgIpc) is 3.07. The molecule has 0 amide bonds. The van der Waals surface area contributed by atoms with Gasteiger partial charge in [0.25, 0.3) is 0 Å². The number of benzene rings is 1. The molecule has 0 bridgehead atoms. The van der Waals surface area contributed by atoms with Crippen LogP contribution in [0.15, 0.2) is 27.4 Å². The second kappa shape index (κ2) is 5.44. The van der Waals surface area contributed by atoms with E-state index in [2.05, 4.69) is 6.92 Å². The van der Waals surface area contributed by atoms with Crippen molar-refractivity contribution in [3.05, 3.63) is 34.3 Å². The second-order valence-electron chi connectivity index (χ2n) is 5.82. The van der Waals surface area contributed by atoms with Crippen LogP contribution >= 0.6 is 0 Å². The molecule has 2 N–H and O–H groups in total. The van der Waals surface area contributed by atoms with Gasteiger partial charge >= 0.3 is 5.76 Å². The van der Waals surface area contributed by atoms with Crippen LogP contribution < -0.4 is 11.5 Å². The zero-order valence-corrected chi connectivity index (χ0v) is 12.0. The highest BCUT2D eigenvalue weighted by molar-refractivity contribution is 5.74. The molecule has 108 valence electrons. The van der Waals surface area contributed by atoms with Crippen molar-refractivity contribution < 1.29 is 4.42 Å². The molecule has 0 aliphatic heterocycles. The molecular weight excluding hydrogens is 252 g/mol. The van der Waals surface area contributed by atoms with Crippen molar-refractivity contribution in [1.29, 1.82) is 0 Å². The summed E-state index contributed by atoms with van der Waals surface area (Å²) in [5.41, 5.74) is 8.99. The number of nitrogens with two attached hydrogens (primary N) is 1. The van der Waals surface area contributed by atoms with E-state index in [0.717, 1.165) is 17.5 Å². The smallest absolute Gasteiger partial charge is 0.408 e. The Bertz CT molecular complexity index is 650. The van der Waals surface area contributed by atoms with Crippen LogP contribution in [-0.2, 0) is 6.54 Å². The molecule has 1 fully saturated rings. The predicted molar refractivity (Wildman–Crippen MR) is 79.7 cm³/mol. The van der Waals surface area contributed by atoms with Crippen LogP contribution in [0.1, 0.15) is 50.6 Å². The van der Waals surface area contributed by atoms with E-state index >= 15 is 0 Å². The van der Waals surface area contributed by atoms with Gasteiger partial charge < -0.3 is 10.2 Å². The predicted octanol–water partition coefficient (Wildman–Crippen LogP) is 3.19. The Morgan fingerprint density at radius 3 is 2.85 bits per heavy atom. The summed E-state index contributed by atoms with van der Waals surface area (Å²) in [6.07, 6.45) is 5.89. The van der Waals surface area contributed by atoms with Gasteiger partial charge in [-0.3, -0.25) is 4.57 Å². The molecule has 1 aromatic heterocycles. The molecule has 2 aromatic rings. The zero-order valence-electron chi connectivity index (χ0n) is 12.0. The maximum atomic E-state index is 11.8. The highest BCUT2D eigenvalue weighted by atomic mass is 16.4. The lowest BCUT2D eigenvalue weighted by Crippen LogP contribution is -2.19. The van der Waals surface area contributed by atoms with Crippen molar-refractivity contribution in [3.8, 4) is 0 Å². The van der Waals surface area contributed by atoms with Crippen LogP contribution in [0.2, 0.25) is 0 Å². The molecule has 1 aliphatic rings. The first kappa shape index (κ1) is 13.4. The molecule has 0 saturated heterocycles. The number of nitrogens with zero attached hydrogens (tertiary/aromatic N) is 1. The molecule has 0 spiro atoms. The highest BCUT2D eigenvalue weighted by Crippen LogP contribution is 2.34. The molecule has 1 unspecified atom stereocenters. The van der Waals surface area contributed by atoms with E-state index in [-0.39, 0.29) is 11.8 Å². The van der Waals surface area contributed by atoms with E-state index in [4.69, 9.17) is 10.2 Å². The third-order valence-corrected chi connectivity index (χ3v) is 4.43. The third-order valence-electron chi connectivity index (χ3n) is 4.43. The van der Waals surface area contributed by atoms with Gasteiger partial charge in [-0.2, -0.15) is 0 Å². The van der Waals surface area contributed by atoms with Crippen LogP contribution in [0.25, 0.3) is 11.1 Å². The minimum Gasteiger partial charge on any atom is -0.408 e. The van der Waals surface area contributed by atoms with Crippen LogP contribution in [0.5, 0.6) is 0 Å². The maximum Gasteiger partial charge on any atom is 0.419 e. The lowest BCUT2D eigenvalue weighted by Gasteiger charge is -2.19. The van der Waals surface area contributed by atoms with E-state index in [9.17, 15) is 4.79 Å². The van der Waals surface area contributed by atoms with Crippen LogP contribution in [0.4, 0.5) is 0 Å². The van der Waals surface area contributed by atoms with Gasteiger partial charge in [-0.25, -0.2) is 4.79 Å². The van der Waals surface area contributed by atoms with E-state index in [1.54, 1.807) is 4.57 Å². The number of rotatable bonds is 4. The SMILES string of the molecule is CCCn1c(=O)oc2cc(C(N)C3CCCC3)ccc21. The first-order valence-corrected chi connectivity index (χ1v) is 7.59. The van der Waals surface area contributed by atoms with Crippen molar-refractivity contribution in [2.45, 2.75) is 51.6 Å². The number of aryl methyl sites for hydroxylation is 1. The van der Waals surface area contributed by atoms with Gasteiger partial charge in [0.15, 0.2) is 5.58 Å². The van der Waals surface area contributed by atoms with Crippen molar-refractivity contribution in [2.24, 2.45) is 11.7 Å². The van der Waals surface area contributed by atoms with Gasteiger partial charge in [0.2, 0.25) is 0 Å². The van der Waals surface area contributed by atoms with Crippen molar-refractivity contribution in [1.82, 2.24) is 4.57 Å². The Morgan fingerprint density at radius 1 is 1.40 bits per heavy atom. The number of oxazole rings is 1. The molecule has 1 saturated carbocycles. The van der Waals surface area contributed by atoms with E-state index in [1.807, 2.05) is 18.2 Å². The quantitative estimate of drug-likeness (QED) is 0.931. The standard InChI is InChI=1S/C16H22N2O2/c1-2-9-18-13-8-7-12(10-14(13)20-16(18)19)15(17)11-5-3-4-6-11/h7-8,10-11,15H,2-6,9,17H2,1H3. The molecule has 3 rings (SSSR count). The Balaban J connectivity index is 1.96. The number of aromatic nitrogens is 1. The monoisotopic (exact) mass is 274 g/mol. The molecule has 1 aromatic carbocycles. The van der Waals surface area contributed by atoms with Gasteiger partial charge in [-0.15, -0.1) is 0 Å². The third kappa shape index (κ3) is 2.29. The largest absolute Gasteiger partial charge is 0.419 e. The Hall–Kier alpha value is -1.55.